The fraction of sp³-hybridized carbons (Fsp3) is 0.344. The van der Waals surface area contributed by atoms with Gasteiger partial charge in [0, 0.05) is 17.7 Å². The lowest BCUT2D eigenvalue weighted by molar-refractivity contribution is 0.105. The average molecular weight is 534 g/mol. The molecule has 1 saturated heterocycles. The molecule has 5 rings (SSSR count). The van der Waals surface area contributed by atoms with E-state index in [0.717, 1.165) is 77.6 Å². The van der Waals surface area contributed by atoms with Gasteiger partial charge in [0.05, 0.1) is 14.2 Å². The lowest BCUT2D eigenvalue weighted by Gasteiger charge is -2.26. The normalized spacial score (nSPS) is 15.3. The number of carbonyl (C=O) groups is 1. The molecule has 200 valence electrons. The highest BCUT2D eigenvalue weighted by Crippen LogP contribution is 2.40. The summed E-state index contributed by atoms with van der Waals surface area (Å²) in [6.45, 7) is 3.93. The molecule has 1 aliphatic carbocycles. The predicted octanol–water partition coefficient (Wildman–Crippen LogP) is 6.73. The molecule has 0 bridgehead atoms. The van der Waals surface area contributed by atoms with Gasteiger partial charge in [-0.3, -0.25) is 9.69 Å². The number of halogens is 1. The lowest BCUT2D eigenvalue weighted by atomic mass is 9.79. The molecule has 3 aromatic carbocycles. The molecular weight excluding hydrogens is 498 g/mol. The van der Waals surface area contributed by atoms with Gasteiger partial charge in [0.2, 0.25) is 0 Å². The molecule has 0 aromatic heterocycles. The minimum Gasteiger partial charge on any atom is -0.497 e. The minimum atomic E-state index is 0. The number of nitrogens with zero attached hydrogens (tertiary/aromatic N) is 1. The second-order valence-corrected chi connectivity index (χ2v) is 9.71. The molecule has 0 saturated carbocycles. The fourth-order valence-electron chi connectivity index (χ4n) is 5.38. The summed E-state index contributed by atoms with van der Waals surface area (Å²) in [7, 11) is 3.34. The van der Waals surface area contributed by atoms with Crippen LogP contribution in [0.25, 0.3) is 11.1 Å². The molecule has 0 N–H and O–H groups in total. The van der Waals surface area contributed by atoms with E-state index in [9.17, 15) is 4.79 Å². The maximum atomic E-state index is 14.0. The summed E-state index contributed by atoms with van der Waals surface area (Å²) in [6, 6.07) is 21.5. The van der Waals surface area contributed by atoms with Crippen molar-refractivity contribution < 1.29 is 19.0 Å². The van der Waals surface area contributed by atoms with Crippen molar-refractivity contribution >= 4 is 29.3 Å². The third-order valence-corrected chi connectivity index (χ3v) is 7.41. The van der Waals surface area contributed by atoms with Crippen molar-refractivity contribution in [3.63, 3.8) is 0 Å². The molecule has 0 unspecified atom stereocenters. The number of allylic oxidation sites excluding steroid dienone is 2. The Balaban J connectivity index is 0.00000336. The van der Waals surface area contributed by atoms with Gasteiger partial charge in [-0.25, -0.2) is 0 Å². The van der Waals surface area contributed by atoms with Crippen LogP contribution in [0.3, 0.4) is 0 Å². The van der Waals surface area contributed by atoms with Crippen molar-refractivity contribution in [3.05, 3.63) is 89.0 Å². The highest BCUT2D eigenvalue weighted by atomic mass is 35.5. The quantitative estimate of drug-likeness (QED) is 0.285. The predicted molar refractivity (Wildman–Crippen MR) is 155 cm³/mol. The van der Waals surface area contributed by atoms with Crippen molar-refractivity contribution in [1.82, 2.24) is 4.90 Å². The van der Waals surface area contributed by atoms with E-state index in [-0.39, 0.29) is 18.2 Å². The molecule has 2 aliphatic rings. The van der Waals surface area contributed by atoms with E-state index in [1.54, 1.807) is 14.2 Å². The van der Waals surface area contributed by atoms with Crippen molar-refractivity contribution in [2.45, 2.75) is 32.1 Å². The Morgan fingerprint density at radius 1 is 0.816 bits per heavy atom. The number of hydrogen-bond acceptors (Lipinski definition) is 5. The Bertz CT molecular complexity index is 1280. The number of ether oxygens (including phenoxy) is 3. The zero-order valence-corrected chi connectivity index (χ0v) is 23.0. The van der Waals surface area contributed by atoms with E-state index >= 15 is 0 Å². The van der Waals surface area contributed by atoms with E-state index in [0.29, 0.717) is 12.2 Å². The summed E-state index contributed by atoms with van der Waals surface area (Å²) in [6.07, 6.45) is 5.51. The van der Waals surface area contributed by atoms with Gasteiger partial charge in [-0.1, -0.05) is 24.6 Å². The molecule has 0 radical (unpaired) electrons. The van der Waals surface area contributed by atoms with Gasteiger partial charge in [-0.2, -0.15) is 0 Å². The molecule has 38 heavy (non-hydrogen) atoms. The van der Waals surface area contributed by atoms with Gasteiger partial charge in [-0.05, 0) is 110 Å². The zero-order valence-electron chi connectivity index (χ0n) is 22.2. The SMILES string of the molecule is COc1cccc(C2=C(C(=O)c3ccc(OCCN4CCCCC4)cc3)c3ccc(OC)cc3CC2)c1.Cl. The first-order chi connectivity index (χ1) is 18.2. The number of Topliss-reactive ketones (excluding diaryl/α,β-unsaturated/α-hetero) is 1. The average Bonchev–Trinajstić information content (AvgIpc) is 2.96. The van der Waals surface area contributed by atoms with Crippen LogP contribution in [0, 0.1) is 0 Å². The number of likely N-dealkylation sites (tertiary alicyclic amines) is 1. The Kier molecular flexibility index (Phi) is 9.48. The molecule has 0 atom stereocenters. The number of hydrogen-bond donors (Lipinski definition) is 0. The number of fused-ring (bicyclic) bond motifs is 1. The summed E-state index contributed by atoms with van der Waals surface area (Å²) in [5.74, 6) is 2.40. The highest BCUT2D eigenvalue weighted by Gasteiger charge is 2.27. The van der Waals surface area contributed by atoms with E-state index in [1.807, 2.05) is 60.7 Å². The van der Waals surface area contributed by atoms with Gasteiger partial charge in [-0.15, -0.1) is 12.4 Å². The molecule has 1 heterocycles. The number of aryl methyl sites for hydroxylation is 1. The highest BCUT2D eigenvalue weighted by molar-refractivity contribution is 6.35. The van der Waals surface area contributed by atoms with Crippen LogP contribution in [0.1, 0.15) is 52.7 Å². The largest absolute Gasteiger partial charge is 0.497 e. The second-order valence-electron chi connectivity index (χ2n) is 9.71. The monoisotopic (exact) mass is 533 g/mol. The van der Waals surface area contributed by atoms with Crippen LogP contribution in [-0.2, 0) is 6.42 Å². The molecular formula is C32H36ClNO4. The van der Waals surface area contributed by atoms with Gasteiger partial charge >= 0.3 is 0 Å². The van der Waals surface area contributed by atoms with E-state index in [1.165, 1.54) is 19.3 Å². The first-order valence-corrected chi connectivity index (χ1v) is 13.2. The van der Waals surface area contributed by atoms with Crippen molar-refractivity contribution in [2.75, 3.05) is 40.5 Å². The molecule has 6 heteroatoms. The van der Waals surface area contributed by atoms with E-state index < -0.39 is 0 Å². The van der Waals surface area contributed by atoms with Gasteiger partial charge in [0.15, 0.2) is 5.78 Å². The number of ketones is 1. The molecule has 0 spiro atoms. The standard InChI is InChI=1S/C32H35NO4.ClH/c1-35-27-8-6-7-24(21-27)29-15-11-25-22-28(36-2)14-16-30(25)31(29)32(34)23-9-12-26(13-10-23)37-20-19-33-17-4-3-5-18-33;/h6-10,12-14,16,21-22H,3-5,11,15,17-20H2,1-2H3;1H. The first kappa shape index (κ1) is 27.7. The van der Waals surface area contributed by atoms with Gasteiger partial charge in [0.25, 0.3) is 0 Å². The number of benzene rings is 3. The molecule has 5 nitrogen and oxygen atoms in total. The first-order valence-electron chi connectivity index (χ1n) is 13.2. The summed E-state index contributed by atoms with van der Waals surface area (Å²) < 4.78 is 16.9. The zero-order chi connectivity index (χ0) is 25.6. The van der Waals surface area contributed by atoms with Crippen molar-refractivity contribution in [3.8, 4) is 17.2 Å². The van der Waals surface area contributed by atoms with Crippen LogP contribution >= 0.6 is 12.4 Å². The topological polar surface area (TPSA) is 48.0 Å². The van der Waals surface area contributed by atoms with Crippen LogP contribution in [0.15, 0.2) is 66.7 Å². The Labute approximate surface area is 231 Å². The molecule has 3 aromatic rings. The summed E-state index contributed by atoms with van der Waals surface area (Å²) >= 11 is 0. The Morgan fingerprint density at radius 3 is 2.26 bits per heavy atom. The van der Waals surface area contributed by atoms with Crippen LogP contribution in [0.2, 0.25) is 0 Å². The molecule has 0 amide bonds. The van der Waals surface area contributed by atoms with Gasteiger partial charge in [0.1, 0.15) is 23.9 Å². The Morgan fingerprint density at radius 2 is 1.53 bits per heavy atom. The summed E-state index contributed by atoms with van der Waals surface area (Å²) in [5, 5.41) is 0. The summed E-state index contributed by atoms with van der Waals surface area (Å²) in [5.41, 5.74) is 5.56. The minimum absolute atomic E-state index is 0. The van der Waals surface area contributed by atoms with E-state index in [4.69, 9.17) is 14.2 Å². The number of rotatable bonds is 9. The van der Waals surface area contributed by atoms with Gasteiger partial charge < -0.3 is 14.2 Å². The number of piperidine rings is 1. The molecule has 1 fully saturated rings. The molecule has 1 aliphatic heterocycles. The van der Waals surface area contributed by atoms with Crippen molar-refractivity contribution in [2.24, 2.45) is 0 Å². The van der Waals surface area contributed by atoms with Crippen LogP contribution < -0.4 is 14.2 Å². The maximum absolute atomic E-state index is 14.0. The fourth-order valence-corrected chi connectivity index (χ4v) is 5.38. The van der Waals surface area contributed by atoms with Crippen LogP contribution in [0.5, 0.6) is 17.2 Å². The smallest absolute Gasteiger partial charge is 0.193 e. The van der Waals surface area contributed by atoms with Crippen molar-refractivity contribution in [1.29, 1.82) is 0 Å². The number of carbonyl (C=O) groups excluding carboxylic acids is 1. The number of methoxy groups -OCH3 is 2. The lowest BCUT2D eigenvalue weighted by Crippen LogP contribution is -2.33. The van der Waals surface area contributed by atoms with Crippen LogP contribution in [0.4, 0.5) is 0 Å². The Hall–Kier alpha value is -3.28. The van der Waals surface area contributed by atoms with Crippen LogP contribution in [-0.4, -0.2) is 51.1 Å². The maximum Gasteiger partial charge on any atom is 0.193 e. The summed E-state index contributed by atoms with van der Waals surface area (Å²) in [4.78, 5) is 16.5. The second kappa shape index (κ2) is 13.0. The van der Waals surface area contributed by atoms with E-state index in [2.05, 4.69) is 11.0 Å². The third-order valence-electron chi connectivity index (χ3n) is 7.41. The third kappa shape index (κ3) is 6.23.